The Morgan fingerprint density at radius 2 is 2.42 bits per heavy atom. The van der Waals surface area contributed by atoms with Gasteiger partial charge in [-0.25, -0.2) is 4.79 Å². The Labute approximate surface area is 116 Å². The fourth-order valence-corrected chi connectivity index (χ4v) is 2.81. The van der Waals surface area contributed by atoms with E-state index in [0.717, 1.165) is 24.6 Å². The molecule has 2 aromatic heterocycles. The molecule has 3 rings (SSSR count). The first kappa shape index (κ1) is 12.4. The number of carbonyl (C=O) groups is 1. The maximum absolute atomic E-state index is 11.6. The van der Waals surface area contributed by atoms with Crippen LogP contribution in [0.1, 0.15) is 33.9 Å². The van der Waals surface area contributed by atoms with Crippen molar-refractivity contribution in [2.24, 2.45) is 5.92 Å². The summed E-state index contributed by atoms with van der Waals surface area (Å²) in [6.45, 7) is 0.733. The lowest BCUT2D eigenvalue weighted by Gasteiger charge is -2.05. The second-order valence-electron chi connectivity index (χ2n) is 4.90. The molecule has 0 bridgehead atoms. The second kappa shape index (κ2) is 5.17. The van der Waals surface area contributed by atoms with E-state index in [1.54, 1.807) is 11.3 Å². The third-order valence-electron chi connectivity index (χ3n) is 3.34. The van der Waals surface area contributed by atoms with Gasteiger partial charge in [0, 0.05) is 10.6 Å². The lowest BCUT2D eigenvalue weighted by Crippen LogP contribution is -2.08. The van der Waals surface area contributed by atoms with Crippen LogP contribution in [0.15, 0.2) is 23.6 Å². The molecule has 1 saturated carbocycles. The van der Waals surface area contributed by atoms with E-state index in [1.165, 1.54) is 24.8 Å². The van der Waals surface area contributed by atoms with E-state index in [0.29, 0.717) is 5.69 Å². The van der Waals surface area contributed by atoms with Crippen molar-refractivity contribution in [3.63, 3.8) is 0 Å². The molecule has 0 atom stereocenters. The van der Waals surface area contributed by atoms with Crippen molar-refractivity contribution in [1.29, 1.82) is 0 Å². The van der Waals surface area contributed by atoms with Gasteiger partial charge in [-0.05, 0) is 42.7 Å². The molecule has 0 unspecified atom stereocenters. The number of esters is 1. The fraction of sp³-hybridized carbons (Fsp3) is 0.429. The lowest BCUT2D eigenvalue weighted by molar-refractivity contribution is 0.0593. The third-order valence-corrected chi connectivity index (χ3v) is 4.20. The van der Waals surface area contributed by atoms with Crippen LogP contribution in [0.4, 0.5) is 0 Å². The largest absolute Gasteiger partial charge is 0.464 e. The Kier molecular flexibility index (Phi) is 3.38. The monoisotopic (exact) mass is 276 g/mol. The summed E-state index contributed by atoms with van der Waals surface area (Å²) in [5, 5.41) is 6.44. The van der Waals surface area contributed by atoms with Crippen LogP contribution >= 0.6 is 11.3 Å². The summed E-state index contributed by atoms with van der Waals surface area (Å²) in [5.74, 6) is 0.409. The smallest absolute Gasteiger partial charge is 0.358 e. The van der Waals surface area contributed by atoms with Crippen LogP contribution in [0.25, 0.3) is 0 Å². The zero-order chi connectivity index (χ0) is 13.2. The van der Waals surface area contributed by atoms with Gasteiger partial charge in [0.1, 0.15) is 0 Å². The molecule has 4 nitrogen and oxygen atoms in total. The maximum Gasteiger partial charge on any atom is 0.358 e. The molecule has 1 aliphatic rings. The first-order valence-corrected chi connectivity index (χ1v) is 7.31. The summed E-state index contributed by atoms with van der Waals surface area (Å²) < 4.78 is 6.69. The lowest BCUT2D eigenvalue weighted by atomic mass is 10.2. The third kappa shape index (κ3) is 2.87. The minimum absolute atomic E-state index is 0.359. The molecule has 5 heteroatoms. The van der Waals surface area contributed by atoms with Gasteiger partial charge < -0.3 is 4.74 Å². The number of aromatic nitrogens is 2. The van der Waals surface area contributed by atoms with Crippen molar-refractivity contribution in [1.82, 2.24) is 9.78 Å². The Bertz CT molecular complexity index is 570. The number of rotatable bonds is 5. The molecule has 19 heavy (non-hydrogen) atoms. The molecule has 0 N–H and O–H groups in total. The van der Waals surface area contributed by atoms with Crippen LogP contribution < -0.4 is 0 Å². The number of hydrogen-bond acceptors (Lipinski definition) is 4. The van der Waals surface area contributed by atoms with E-state index in [9.17, 15) is 4.79 Å². The summed E-state index contributed by atoms with van der Waals surface area (Å²) >= 11 is 1.71. The first-order chi connectivity index (χ1) is 9.26. The number of thiophene rings is 1. The topological polar surface area (TPSA) is 44.1 Å². The standard InChI is InChI=1S/C14H16N2O2S/c1-18-14(17)13-8-11(7-10-4-5-10)16(15-13)9-12-3-2-6-19-12/h2-3,6,8,10H,4-5,7,9H2,1H3. The van der Waals surface area contributed by atoms with Gasteiger partial charge in [0.25, 0.3) is 0 Å². The SMILES string of the molecule is COC(=O)c1cc(CC2CC2)n(Cc2cccs2)n1. The Morgan fingerprint density at radius 3 is 3.05 bits per heavy atom. The Hall–Kier alpha value is -1.62. The van der Waals surface area contributed by atoms with Crippen LogP contribution in [0.2, 0.25) is 0 Å². The molecule has 0 aliphatic heterocycles. The molecule has 0 spiro atoms. The van der Waals surface area contributed by atoms with Crippen molar-refractivity contribution in [3.8, 4) is 0 Å². The van der Waals surface area contributed by atoms with Gasteiger partial charge in [-0.1, -0.05) is 6.07 Å². The van der Waals surface area contributed by atoms with Crippen LogP contribution in [-0.2, 0) is 17.7 Å². The van der Waals surface area contributed by atoms with E-state index in [1.807, 2.05) is 16.8 Å². The molecule has 0 amide bonds. The van der Waals surface area contributed by atoms with Crippen LogP contribution in [0, 0.1) is 5.92 Å². The summed E-state index contributed by atoms with van der Waals surface area (Å²) in [7, 11) is 1.39. The molecule has 1 aliphatic carbocycles. The highest BCUT2D eigenvalue weighted by molar-refractivity contribution is 7.09. The van der Waals surface area contributed by atoms with Crippen molar-refractivity contribution in [2.75, 3.05) is 7.11 Å². The van der Waals surface area contributed by atoms with Crippen LogP contribution in [0.5, 0.6) is 0 Å². The van der Waals surface area contributed by atoms with Crippen molar-refractivity contribution < 1.29 is 9.53 Å². The highest BCUT2D eigenvalue weighted by atomic mass is 32.1. The summed E-state index contributed by atoms with van der Waals surface area (Å²) in [6, 6.07) is 5.99. The highest BCUT2D eigenvalue weighted by Gasteiger charge is 2.25. The summed E-state index contributed by atoms with van der Waals surface area (Å²) in [4.78, 5) is 12.8. The molecule has 0 aromatic carbocycles. The van der Waals surface area contributed by atoms with Gasteiger partial charge >= 0.3 is 5.97 Å². The molecule has 0 saturated heterocycles. The normalized spacial score (nSPS) is 14.6. The van der Waals surface area contributed by atoms with Gasteiger partial charge in [-0.15, -0.1) is 11.3 Å². The Balaban J connectivity index is 1.86. The van der Waals surface area contributed by atoms with Gasteiger partial charge in [-0.3, -0.25) is 4.68 Å². The number of ether oxygens (including phenoxy) is 1. The van der Waals surface area contributed by atoms with Crippen molar-refractivity contribution >= 4 is 17.3 Å². The molecular formula is C14H16N2O2S. The van der Waals surface area contributed by atoms with Gasteiger partial charge in [0.05, 0.1) is 13.7 Å². The van der Waals surface area contributed by atoms with Crippen LogP contribution in [0.3, 0.4) is 0 Å². The van der Waals surface area contributed by atoms with Crippen molar-refractivity contribution in [2.45, 2.75) is 25.8 Å². The minimum atomic E-state index is -0.359. The van der Waals surface area contributed by atoms with E-state index in [-0.39, 0.29) is 5.97 Å². The van der Waals surface area contributed by atoms with E-state index in [4.69, 9.17) is 4.74 Å². The molecular weight excluding hydrogens is 260 g/mol. The fourth-order valence-electron chi connectivity index (χ4n) is 2.13. The number of methoxy groups -OCH3 is 1. The van der Waals surface area contributed by atoms with Gasteiger partial charge in [-0.2, -0.15) is 5.10 Å². The predicted octanol–water partition coefficient (Wildman–Crippen LogP) is 2.73. The molecule has 2 heterocycles. The highest BCUT2D eigenvalue weighted by Crippen LogP contribution is 2.33. The average Bonchev–Trinajstić information content (AvgIpc) is 2.92. The first-order valence-electron chi connectivity index (χ1n) is 6.43. The summed E-state index contributed by atoms with van der Waals surface area (Å²) in [6.07, 6.45) is 3.59. The molecule has 1 fully saturated rings. The summed E-state index contributed by atoms with van der Waals surface area (Å²) in [5.41, 5.74) is 1.55. The maximum atomic E-state index is 11.6. The van der Waals surface area contributed by atoms with Crippen molar-refractivity contribution in [3.05, 3.63) is 39.8 Å². The molecule has 0 radical (unpaired) electrons. The molecule has 100 valence electrons. The van der Waals surface area contributed by atoms with E-state index in [2.05, 4.69) is 16.5 Å². The van der Waals surface area contributed by atoms with Crippen LogP contribution in [-0.4, -0.2) is 22.9 Å². The number of nitrogens with zero attached hydrogens (tertiary/aromatic N) is 2. The minimum Gasteiger partial charge on any atom is -0.464 e. The predicted molar refractivity (Wildman–Crippen MR) is 73.4 cm³/mol. The second-order valence-corrected chi connectivity index (χ2v) is 5.93. The zero-order valence-corrected chi connectivity index (χ0v) is 11.7. The zero-order valence-electron chi connectivity index (χ0n) is 10.8. The van der Waals surface area contributed by atoms with Gasteiger partial charge in [0.15, 0.2) is 5.69 Å². The number of carbonyl (C=O) groups excluding carboxylic acids is 1. The molecule has 2 aromatic rings. The van der Waals surface area contributed by atoms with Gasteiger partial charge in [0.2, 0.25) is 0 Å². The quantitative estimate of drug-likeness (QED) is 0.789. The number of hydrogen-bond donors (Lipinski definition) is 0. The average molecular weight is 276 g/mol. The van der Waals surface area contributed by atoms with E-state index < -0.39 is 0 Å². The van der Waals surface area contributed by atoms with E-state index >= 15 is 0 Å². The Morgan fingerprint density at radius 1 is 1.58 bits per heavy atom.